The number of nitrogens with zero attached hydrogens (tertiary/aromatic N) is 2. The second-order valence-electron chi connectivity index (χ2n) is 8.32. The first-order chi connectivity index (χ1) is 14.7. The summed E-state index contributed by atoms with van der Waals surface area (Å²) in [5.74, 6) is 1.45. The lowest BCUT2D eigenvalue weighted by atomic mass is 9.91. The number of benzene rings is 1. The number of ether oxygens (including phenoxy) is 2. The van der Waals surface area contributed by atoms with E-state index in [4.69, 9.17) is 9.47 Å². The highest BCUT2D eigenvalue weighted by Gasteiger charge is 2.26. The standard InChI is InChI=1S/C24H27N3O3/c1-16-6-5-9-23-25-14-20(27(16)23)19(13-24(28)26-18-7-3-2-4-8-18)17-10-11-21-22(12-17)30-15-29-21/h5-6,9-12,14,18-19H,2-4,7-8,13,15H2,1H3,(H,26,28). The van der Waals surface area contributed by atoms with Gasteiger partial charge in [-0.25, -0.2) is 4.98 Å². The lowest BCUT2D eigenvalue weighted by Crippen LogP contribution is -2.37. The van der Waals surface area contributed by atoms with Crippen molar-refractivity contribution in [3.63, 3.8) is 0 Å². The molecule has 1 unspecified atom stereocenters. The second kappa shape index (κ2) is 8.01. The molecule has 3 aromatic rings. The fourth-order valence-corrected chi connectivity index (χ4v) is 4.72. The van der Waals surface area contributed by atoms with Crippen molar-refractivity contribution in [2.24, 2.45) is 0 Å². The molecule has 1 amide bonds. The summed E-state index contributed by atoms with van der Waals surface area (Å²) in [6, 6.07) is 12.3. The van der Waals surface area contributed by atoms with E-state index >= 15 is 0 Å². The van der Waals surface area contributed by atoms with Gasteiger partial charge in [-0.05, 0) is 49.6 Å². The quantitative estimate of drug-likeness (QED) is 0.686. The Morgan fingerprint density at radius 2 is 2.00 bits per heavy atom. The molecule has 3 heterocycles. The number of aromatic nitrogens is 2. The highest BCUT2D eigenvalue weighted by molar-refractivity contribution is 5.78. The molecule has 1 aliphatic heterocycles. The molecule has 1 atom stereocenters. The van der Waals surface area contributed by atoms with Crippen molar-refractivity contribution in [3.8, 4) is 11.5 Å². The first kappa shape index (κ1) is 19.0. The van der Waals surface area contributed by atoms with Gasteiger partial charge in [-0.2, -0.15) is 0 Å². The van der Waals surface area contributed by atoms with Crippen molar-refractivity contribution >= 4 is 11.6 Å². The summed E-state index contributed by atoms with van der Waals surface area (Å²) >= 11 is 0. The SMILES string of the molecule is Cc1cccc2ncc(C(CC(=O)NC3CCCCC3)c3ccc4c(c3)OCO4)n12. The number of amides is 1. The van der Waals surface area contributed by atoms with Crippen LogP contribution in [0.25, 0.3) is 5.65 Å². The van der Waals surface area contributed by atoms with E-state index in [9.17, 15) is 4.79 Å². The third-order valence-electron chi connectivity index (χ3n) is 6.27. The van der Waals surface area contributed by atoms with Gasteiger partial charge in [0.05, 0.1) is 5.69 Å². The van der Waals surface area contributed by atoms with Gasteiger partial charge in [0.25, 0.3) is 0 Å². The molecular formula is C24H27N3O3. The fraction of sp³-hybridized carbons (Fsp3) is 0.417. The van der Waals surface area contributed by atoms with E-state index < -0.39 is 0 Å². The monoisotopic (exact) mass is 405 g/mol. The topological polar surface area (TPSA) is 64.9 Å². The van der Waals surface area contributed by atoms with Crippen molar-refractivity contribution in [2.75, 3.05) is 6.79 Å². The van der Waals surface area contributed by atoms with Crippen LogP contribution >= 0.6 is 0 Å². The highest BCUT2D eigenvalue weighted by Crippen LogP contribution is 2.38. The first-order valence-corrected chi connectivity index (χ1v) is 10.8. The molecule has 0 radical (unpaired) electrons. The van der Waals surface area contributed by atoms with Crippen molar-refractivity contribution in [1.29, 1.82) is 0 Å². The third-order valence-corrected chi connectivity index (χ3v) is 6.27. The molecule has 1 N–H and O–H groups in total. The summed E-state index contributed by atoms with van der Waals surface area (Å²) in [6.45, 7) is 2.30. The zero-order valence-corrected chi connectivity index (χ0v) is 17.3. The second-order valence-corrected chi connectivity index (χ2v) is 8.32. The van der Waals surface area contributed by atoms with Gasteiger partial charge in [-0.3, -0.25) is 4.79 Å². The molecule has 1 fully saturated rings. The summed E-state index contributed by atoms with van der Waals surface area (Å²) in [4.78, 5) is 17.6. The van der Waals surface area contributed by atoms with E-state index in [1.807, 2.05) is 36.5 Å². The minimum atomic E-state index is -0.126. The number of imidazole rings is 1. The molecular weight excluding hydrogens is 378 g/mol. The van der Waals surface area contributed by atoms with Crippen LogP contribution in [0.2, 0.25) is 0 Å². The van der Waals surface area contributed by atoms with E-state index in [0.29, 0.717) is 12.5 Å². The van der Waals surface area contributed by atoms with Crippen LogP contribution in [-0.4, -0.2) is 28.1 Å². The molecule has 6 nitrogen and oxygen atoms in total. The normalized spacial score (nSPS) is 17.2. The molecule has 1 saturated carbocycles. The summed E-state index contributed by atoms with van der Waals surface area (Å²) in [7, 11) is 0. The van der Waals surface area contributed by atoms with Gasteiger partial charge in [-0.15, -0.1) is 0 Å². The number of fused-ring (bicyclic) bond motifs is 2. The van der Waals surface area contributed by atoms with Crippen molar-refractivity contribution in [1.82, 2.24) is 14.7 Å². The molecule has 6 heteroatoms. The maximum absolute atomic E-state index is 13.0. The smallest absolute Gasteiger partial charge is 0.231 e. The van der Waals surface area contributed by atoms with Gasteiger partial charge in [0.2, 0.25) is 12.7 Å². The van der Waals surface area contributed by atoms with Crippen LogP contribution < -0.4 is 14.8 Å². The Kier molecular flexibility index (Phi) is 5.07. The van der Waals surface area contributed by atoms with Gasteiger partial charge in [0.15, 0.2) is 11.5 Å². The molecule has 0 spiro atoms. The Morgan fingerprint density at radius 1 is 1.17 bits per heavy atom. The molecule has 156 valence electrons. The number of pyridine rings is 1. The van der Waals surface area contributed by atoms with Gasteiger partial charge in [-0.1, -0.05) is 31.4 Å². The zero-order chi connectivity index (χ0) is 20.5. The summed E-state index contributed by atoms with van der Waals surface area (Å²) < 4.78 is 13.2. The minimum absolute atomic E-state index is 0.0908. The Morgan fingerprint density at radius 3 is 2.87 bits per heavy atom. The van der Waals surface area contributed by atoms with Crippen LogP contribution in [0.3, 0.4) is 0 Å². The first-order valence-electron chi connectivity index (χ1n) is 10.8. The van der Waals surface area contributed by atoms with E-state index in [1.54, 1.807) is 0 Å². The van der Waals surface area contributed by atoms with Gasteiger partial charge < -0.3 is 19.2 Å². The van der Waals surface area contributed by atoms with Crippen molar-refractivity contribution < 1.29 is 14.3 Å². The average molecular weight is 405 g/mol. The molecule has 1 aliphatic carbocycles. The highest BCUT2D eigenvalue weighted by atomic mass is 16.7. The summed E-state index contributed by atoms with van der Waals surface area (Å²) in [5.41, 5.74) is 4.03. The molecule has 2 aliphatic rings. The largest absolute Gasteiger partial charge is 0.454 e. The number of nitrogens with one attached hydrogen (secondary N) is 1. The summed E-state index contributed by atoms with van der Waals surface area (Å²) in [6.07, 6.45) is 8.09. The fourth-order valence-electron chi connectivity index (χ4n) is 4.72. The van der Waals surface area contributed by atoms with E-state index in [0.717, 1.165) is 46.9 Å². The Labute approximate surface area is 176 Å². The Bertz CT molecular complexity index is 1070. The van der Waals surface area contributed by atoms with Crippen molar-refractivity contribution in [3.05, 3.63) is 59.5 Å². The molecule has 30 heavy (non-hydrogen) atoms. The number of carbonyl (C=O) groups excluding carboxylic acids is 1. The summed E-state index contributed by atoms with van der Waals surface area (Å²) in [5, 5.41) is 3.27. The number of hydrogen-bond donors (Lipinski definition) is 1. The van der Waals surface area contributed by atoms with E-state index in [2.05, 4.69) is 27.7 Å². The number of aryl methyl sites for hydroxylation is 1. The van der Waals surface area contributed by atoms with Gasteiger partial charge in [0, 0.05) is 30.3 Å². The molecule has 0 bridgehead atoms. The van der Waals surface area contributed by atoms with Crippen LogP contribution in [0, 0.1) is 6.92 Å². The molecule has 0 saturated heterocycles. The van der Waals surface area contributed by atoms with E-state index in [1.165, 1.54) is 19.3 Å². The van der Waals surface area contributed by atoms with Crippen LogP contribution in [-0.2, 0) is 4.79 Å². The van der Waals surface area contributed by atoms with Crippen LogP contribution in [0.15, 0.2) is 42.6 Å². The maximum Gasteiger partial charge on any atom is 0.231 e. The van der Waals surface area contributed by atoms with Gasteiger partial charge >= 0.3 is 0 Å². The third kappa shape index (κ3) is 3.62. The molecule has 1 aromatic carbocycles. The van der Waals surface area contributed by atoms with Crippen LogP contribution in [0.5, 0.6) is 11.5 Å². The molecule has 2 aromatic heterocycles. The van der Waals surface area contributed by atoms with Gasteiger partial charge in [0.1, 0.15) is 5.65 Å². The van der Waals surface area contributed by atoms with Crippen molar-refractivity contribution in [2.45, 2.75) is 57.4 Å². The van der Waals surface area contributed by atoms with E-state index in [-0.39, 0.29) is 18.6 Å². The lowest BCUT2D eigenvalue weighted by molar-refractivity contribution is -0.122. The van der Waals surface area contributed by atoms with Crippen LogP contribution in [0.1, 0.15) is 61.4 Å². The Hall–Kier alpha value is -3.02. The maximum atomic E-state index is 13.0. The number of hydrogen-bond acceptors (Lipinski definition) is 4. The predicted molar refractivity (Wildman–Crippen MR) is 114 cm³/mol. The number of carbonyl (C=O) groups is 1. The lowest BCUT2D eigenvalue weighted by Gasteiger charge is -2.24. The Balaban J connectivity index is 1.49. The average Bonchev–Trinajstić information content (AvgIpc) is 3.40. The molecule has 5 rings (SSSR count). The van der Waals surface area contributed by atoms with Crippen LogP contribution in [0.4, 0.5) is 0 Å². The zero-order valence-electron chi connectivity index (χ0n) is 17.3. The number of rotatable bonds is 5. The predicted octanol–water partition coefficient (Wildman–Crippen LogP) is 4.34. The minimum Gasteiger partial charge on any atom is -0.454 e.